The van der Waals surface area contributed by atoms with Crippen molar-refractivity contribution in [3.8, 4) is 22.7 Å². The van der Waals surface area contributed by atoms with Gasteiger partial charge in [-0.3, -0.25) is 0 Å². The molecule has 4 rings (SSSR count). The first-order valence-electron chi connectivity index (χ1n) is 8.07. The van der Waals surface area contributed by atoms with Gasteiger partial charge in [0, 0.05) is 23.1 Å². The molecule has 0 aliphatic rings. The van der Waals surface area contributed by atoms with E-state index >= 15 is 0 Å². The normalized spacial score (nSPS) is 11.7. The number of aromatic nitrogens is 2. The number of hydrogen-bond acceptors (Lipinski definition) is 3. The molecule has 0 radical (unpaired) electrons. The monoisotopic (exact) mass is 369 g/mol. The maximum Gasteiger partial charge on any atom is 0.573 e. The van der Waals surface area contributed by atoms with Crippen LogP contribution in [-0.2, 0) is 0 Å². The van der Waals surface area contributed by atoms with Gasteiger partial charge >= 0.3 is 6.36 Å². The molecule has 0 spiro atoms. The Kier molecular flexibility index (Phi) is 3.99. The summed E-state index contributed by atoms with van der Waals surface area (Å²) in [6.45, 7) is 0. The van der Waals surface area contributed by atoms with Crippen molar-refractivity contribution in [3.05, 3.63) is 73.2 Å². The summed E-state index contributed by atoms with van der Waals surface area (Å²) in [6, 6.07) is 17.2. The summed E-state index contributed by atoms with van der Waals surface area (Å²) in [6.07, 6.45) is -1.27. The van der Waals surface area contributed by atoms with E-state index in [-0.39, 0.29) is 5.75 Å². The molecule has 27 heavy (non-hydrogen) atoms. The molecule has 7 heteroatoms. The van der Waals surface area contributed by atoms with Gasteiger partial charge in [0.2, 0.25) is 0 Å². The van der Waals surface area contributed by atoms with Crippen molar-refractivity contribution in [2.75, 3.05) is 5.73 Å². The Bertz CT molecular complexity index is 1100. The van der Waals surface area contributed by atoms with Gasteiger partial charge < -0.3 is 15.0 Å². The molecule has 0 amide bonds. The van der Waals surface area contributed by atoms with Crippen LogP contribution < -0.4 is 10.5 Å². The lowest BCUT2D eigenvalue weighted by Crippen LogP contribution is -2.17. The van der Waals surface area contributed by atoms with E-state index in [1.807, 2.05) is 42.6 Å². The molecule has 1 heterocycles. The van der Waals surface area contributed by atoms with E-state index in [1.165, 1.54) is 24.3 Å². The van der Waals surface area contributed by atoms with Crippen molar-refractivity contribution in [1.29, 1.82) is 0 Å². The molecule has 4 aromatic rings. The highest BCUT2D eigenvalue weighted by Gasteiger charge is 2.30. The molecule has 0 atom stereocenters. The molecular formula is C20H14F3N3O. The number of imidazole rings is 1. The minimum Gasteiger partial charge on any atom is -0.406 e. The number of nitrogens with two attached hydrogens (primary N) is 1. The van der Waals surface area contributed by atoms with Crippen LogP contribution in [0.15, 0.2) is 73.2 Å². The molecule has 0 saturated carbocycles. The third-order valence-electron chi connectivity index (χ3n) is 4.11. The standard InChI is InChI=1S/C20H14F3N3O/c21-20(22,23)27-18-7-5-17(6-8-18)26-11-19(25-12-26)15-2-1-14-10-16(24)4-3-13(14)9-15/h1-12H,24H2. The highest BCUT2D eigenvalue weighted by molar-refractivity contribution is 5.89. The van der Waals surface area contributed by atoms with Gasteiger partial charge in [-0.1, -0.05) is 18.2 Å². The quantitative estimate of drug-likeness (QED) is 0.507. The predicted octanol–water partition coefficient (Wildman–Crippen LogP) is 5.17. The van der Waals surface area contributed by atoms with E-state index in [0.717, 1.165) is 22.0 Å². The van der Waals surface area contributed by atoms with Gasteiger partial charge in [-0.15, -0.1) is 13.2 Å². The molecule has 0 fully saturated rings. The summed E-state index contributed by atoms with van der Waals surface area (Å²) in [5.74, 6) is -0.264. The van der Waals surface area contributed by atoms with Gasteiger partial charge in [-0.25, -0.2) is 4.98 Å². The van der Waals surface area contributed by atoms with Gasteiger partial charge in [0.05, 0.1) is 12.0 Å². The summed E-state index contributed by atoms with van der Waals surface area (Å²) in [4.78, 5) is 4.40. The van der Waals surface area contributed by atoms with E-state index < -0.39 is 6.36 Å². The smallest absolute Gasteiger partial charge is 0.406 e. The molecule has 0 unspecified atom stereocenters. The largest absolute Gasteiger partial charge is 0.573 e. The first-order chi connectivity index (χ1) is 12.9. The number of benzene rings is 3. The van der Waals surface area contributed by atoms with Crippen molar-refractivity contribution in [3.63, 3.8) is 0 Å². The van der Waals surface area contributed by atoms with Crippen molar-refractivity contribution in [2.45, 2.75) is 6.36 Å². The number of nitrogen functional groups attached to an aromatic ring is 1. The molecule has 0 saturated heterocycles. The van der Waals surface area contributed by atoms with Crippen LogP contribution in [0, 0.1) is 0 Å². The van der Waals surface area contributed by atoms with E-state index in [9.17, 15) is 13.2 Å². The van der Waals surface area contributed by atoms with Crippen LogP contribution >= 0.6 is 0 Å². The van der Waals surface area contributed by atoms with E-state index in [2.05, 4.69) is 9.72 Å². The third kappa shape index (κ3) is 3.72. The fourth-order valence-corrected chi connectivity index (χ4v) is 2.86. The lowest BCUT2D eigenvalue weighted by molar-refractivity contribution is -0.274. The highest BCUT2D eigenvalue weighted by atomic mass is 19.4. The number of anilines is 1. The van der Waals surface area contributed by atoms with E-state index in [0.29, 0.717) is 11.4 Å². The maximum atomic E-state index is 12.2. The van der Waals surface area contributed by atoms with Crippen LogP contribution in [0.1, 0.15) is 0 Å². The molecule has 2 N–H and O–H groups in total. The molecule has 136 valence electrons. The fourth-order valence-electron chi connectivity index (χ4n) is 2.86. The molecule has 0 aliphatic carbocycles. The molecular weight excluding hydrogens is 355 g/mol. The molecule has 3 aromatic carbocycles. The minimum atomic E-state index is -4.70. The summed E-state index contributed by atoms with van der Waals surface area (Å²) in [5, 5.41) is 2.09. The van der Waals surface area contributed by atoms with Crippen LogP contribution in [0.4, 0.5) is 18.9 Å². The fraction of sp³-hybridized carbons (Fsp3) is 0.0500. The van der Waals surface area contributed by atoms with Crippen LogP contribution in [-0.4, -0.2) is 15.9 Å². The van der Waals surface area contributed by atoms with Gasteiger partial charge in [0.1, 0.15) is 5.75 Å². The van der Waals surface area contributed by atoms with Crippen LogP contribution in [0.2, 0.25) is 0 Å². The van der Waals surface area contributed by atoms with Crippen molar-refractivity contribution < 1.29 is 17.9 Å². The van der Waals surface area contributed by atoms with Crippen molar-refractivity contribution in [1.82, 2.24) is 9.55 Å². The average Bonchev–Trinajstić information content (AvgIpc) is 3.10. The topological polar surface area (TPSA) is 53.1 Å². The zero-order valence-corrected chi connectivity index (χ0v) is 13.9. The van der Waals surface area contributed by atoms with Gasteiger partial charge in [0.15, 0.2) is 0 Å². The number of alkyl halides is 3. The Labute approximate surface area is 152 Å². The highest BCUT2D eigenvalue weighted by Crippen LogP contribution is 2.27. The van der Waals surface area contributed by atoms with Crippen LogP contribution in [0.3, 0.4) is 0 Å². The van der Waals surface area contributed by atoms with Crippen molar-refractivity contribution >= 4 is 16.5 Å². The summed E-state index contributed by atoms with van der Waals surface area (Å²) in [7, 11) is 0. The summed E-state index contributed by atoms with van der Waals surface area (Å²) < 4.78 is 42.4. The Balaban J connectivity index is 1.61. The first-order valence-corrected chi connectivity index (χ1v) is 8.07. The Morgan fingerprint density at radius 3 is 2.33 bits per heavy atom. The second-order valence-corrected chi connectivity index (χ2v) is 6.03. The predicted molar refractivity (Wildman–Crippen MR) is 97.6 cm³/mol. The molecule has 1 aromatic heterocycles. The van der Waals surface area contributed by atoms with Gasteiger partial charge in [-0.05, 0) is 53.2 Å². The lowest BCUT2D eigenvalue weighted by atomic mass is 10.0. The molecule has 4 nitrogen and oxygen atoms in total. The summed E-state index contributed by atoms with van der Waals surface area (Å²) >= 11 is 0. The summed E-state index contributed by atoms with van der Waals surface area (Å²) in [5.41, 5.74) is 8.87. The number of ether oxygens (including phenoxy) is 1. The first kappa shape index (κ1) is 17.0. The van der Waals surface area contributed by atoms with E-state index in [1.54, 1.807) is 10.9 Å². The van der Waals surface area contributed by atoms with Crippen molar-refractivity contribution in [2.24, 2.45) is 0 Å². The second-order valence-electron chi connectivity index (χ2n) is 6.03. The Morgan fingerprint density at radius 1 is 0.889 bits per heavy atom. The van der Waals surface area contributed by atoms with Crippen LogP contribution in [0.25, 0.3) is 27.7 Å². The maximum absolute atomic E-state index is 12.2. The number of halogens is 3. The average molecular weight is 369 g/mol. The lowest BCUT2D eigenvalue weighted by Gasteiger charge is -2.09. The Hall–Kier alpha value is -3.48. The number of hydrogen-bond donors (Lipinski definition) is 1. The molecule has 0 aliphatic heterocycles. The van der Waals surface area contributed by atoms with Crippen LogP contribution in [0.5, 0.6) is 5.75 Å². The Morgan fingerprint density at radius 2 is 1.59 bits per heavy atom. The zero-order valence-electron chi connectivity index (χ0n) is 13.9. The molecule has 0 bridgehead atoms. The SMILES string of the molecule is Nc1ccc2cc(-c3cn(-c4ccc(OC(F)(F)F)cc4)cn3)ccc2c1. The number of nitrogens with zero attached hydrogens (tertiary/aromatic N) is 2. The second kappa shape index (κ2) is 6.35. The number of rotatable bonds is 3. The van der Waals surface area contributed by atoms with E-state index in [4.69, 9.17) is 5.73 Å². The van der Waals surface area contributed by atoms with Gasteiger partial charge in [0.25, 0.3) is 0 Å². The number of fused-ring (bicyclic) bond motifs is 1. The van der Waals surface area contributed by atoms with Gasteiger partial charge in [-0.2, -0.15) is 0 Å². The zero-order chi connectivity index (χ0) is 19.0. The third-order valence-corrected chi connectivity index (χ3v) is 4.11. The minimum absolute atomic E-state index is 0.264.